The fourth-order valence-corrected chi connectivity index (χ4v) is 3.27. The fourth-order valence-electron chi connectivity index (χ4n) is 3.27. The first-order valence-electron chi connectivity index (χ1n) is 10.5. The zero-order valence-electron chi connectivity index (χ0n) is 18.2. The highest BCUT2D eigenvalue weighted by Gasteiger charge is 2.17. The van der Waals surface area contributed by atoms with Crippen molar-refractivity contribution in [3.8, 4) is 0 Å². The summed E-state index contributed by atoms with van der Waals surface area (Å²) in [5, 5.41) is 6.72. The van der Waals surface area contributed by atoms with Crippen LogP contribution in [-0.4, -0.2) is 81.3 Å². The van der Waals surface area contributed by atoms with E-state index in [1.54, 1.807) is 7.11 Å². The quantitative estimate of drug-likeness (QED) is 0.365. The molecule has 0 aliphatic carbocycles. The van der Waals surface area contributed by atoms with E-state index in [1.165, 1.54) is 44.7 Å². The van der Waals surface area contributed by atoms with Crippen molar-refractivity contribution in [3.05, 3.63) is 35.9 Å². The molecule has 28 heavy (non-hydrogen) atoms. The van der Waals surface area contributed by atoms with Gasteiger partial charge in [0.25, 0.3) is 0 Å². The lowest BCUT2D eigenvalue weighted by atomic mass is 10.1. The maximum atomic E-state index is 5.43. The summed E-state index contributed by atoms with van der Waals surface area (Å²) in [5.74, 6) is 0.847. The smallest absolute Gasteiger partial charge is 0.191 e. The molecule has 0 saturated carbocycles. The van der Waals surface area contributed by atoms with E-state index in [1.807, 2.05) is 7.05 Å². The fraction of sp³-hybridized carbons (Fsp3) is 0.682. The Morgan fingerprint density at radius 1 is 1.04 bits per heavy atom. The molecule has 0 bridgehead atoms. The lowest BCUT2D eigenvalue weighted by molar-refractivity contribution is 0.0268. The molecule has 2 N–H and O–H groups in total. The second-order valence-electron chi connectivity index (χ2n) is 8.13. The van der Waals surface area contributed by atoms with E-state index in [0.717, 1.165) is 32.0 Å². The van der Waals surface area contributed by atoms with Gasteiger partial charge in [0.15, 0.2) is 5.96 Å². The van der Waals surface area contributed by atoms with Crippen molar-refractivity contribution in [1.29, 1.82) is 0 Å². The number of unbranched alkanes of at least 4 members (excludes halogenated alkanes) is 1. The van der Waals surface area contributed by atoms with Crippen LogP contribution in [0.3, 0.4) is 0 Å². The van der Waals surface area contributed by atoms with Crippen LogP contribution < -0.4 is 10.6 Å². The summed E-state index contributed by atoms with van der Waals surface area (Å²) >= 11 is 0. The topological polar surface area (TPSA) is 52.1 Å². The Morgan fingerprint density at radius 3 is 2.36 bits per heavy atom. The highest BCUT2D eigenvalue weighted by molar-refractivity contribution is 5.79. The summed E-state index contributed by atoms with van der Waals surface area (Å²) < 4.78 is 5.43. The molecule has 0 atom stereocenters. The highest BCUT2D eigenvalue weighted by Crippen LogP contribution is 2.09. The first-order chi connectivity index (χ1) is 13.5. The van der Waals surface area contributed by atoms with E-state index in [9.17, 15) is 0 Å². The minimum Gasteiger partial charge on any atom is -0.377 e. The van der Waals surface area contributed by atoms with Gasteiger partial charge >= 0.3 is 0 Å². The highest BCUT2D eigenvalue weighted by atomic mass is 16.5. The number of rotatable bonds is 10. The minimum atomic E-state index is -0.194. The largest absolute Gasteiger partial charge is 0.377 e. The molecule has 0 radical (unpaired) electrons. The lowest BCUT2D eigenvalue weighted by Crippen LogP contribution is -2.46. The number of piperazine rings is 1. The van der Waals surface area contributed by atoms with Crippen LogP contribution in [0.15, 0.2) is 35.3 Å². The first kappa shape index (κ1) is 22.7. The van der Waals surface area contributed by atoms with Gasteiger partial charge in [0.05, 0.1) is 5.60 Å². The Morgan fingerprint density at radius 2 is 1.71 bits per heavy atom. The maximum absolute atomic E-state index is 5.43. The Bertz CT molecular complexity index is 568. The molecule has 1 aromatic carbocycles. The summed E-state index contributed by atoms with van der Waals surface area (Å²) in [5.41, 5.74) is 1.22. The number of nitrogens with one attached hydrogen (secondary N) is 2. The third-order valence-electron chi connectivity index (χ3n) is 5.37. The van der Waals surface area contributed by atoms with Crippen LogP contribution in [0.1, 0.15) is 32.3 Å². The molecule has 1 aliphatic heterocycles. The summed E-state index contributed by atoms with van der Waals surface area (Å²) in [4.78, 5) is 9.43. The zero-order chi connectivity index (χ0) is 20.2. The molecule has 0 unspecified atom stereocenters. The van der Waals surface area contributed by atoms with Crippen molar-refractivity contribution in [2.24, 2.45) is 4.99 Å². The second-order valence-corrected chi connectivity index (χ2v) is 8.13. The number of hydrogen-bond acceptors (Lipinski definition) is 4. The van der Waals surface area contributed by atoms with Crippen molar-refractivity contribution in [3.63, 3.8) is 0 Å². The molecule has 0 aromatic heterocycles. The van der Waals surface area contributed by atoms with Gasteiger partial charge in [-0.05, 0) is 38.8 Å². The summed E-state index contributed by atoms with van der Waals surface area (Å²) in [6.45, 7) is 12.7. The molecule has 1 heterocycles. The van der Waals surface area contributed by atoms with E-state index in [2.05, 4.69) is 69.6 Å². The minimum absolute atomic E-state index is 0.194. The number of nitrogens with zero attached hydrogens (tertiary/aromatic N) is 3. The Hall–Kier alpha value is -1.63. The van der Waals surface area contributed by atoms with Crippen LogP contribution in [0.5, 0.6) is 0 Å². The average molecular weight is 390 g/mol. The van der Waals surface area contributed by atoms with Crippen molar-refractivity contribution in [2.45, 2.75) is 38.8 Å². The van der Waals surface area contributed by atoms with Crippen LogP contribution in [-0.2, 0) is 11.3 Å². The molecule has 1 saturated heterocycles. The normalized spacial score (nSPS) is 16.9. The maximum Gasteiger partial charge on any atom is 0.191 e. The van der Waals surface area contributed by atoms with E-state index in [0.29, 0.717) is 0 Å². The van der Waals surface area contributed by atoms with Gasteiger partial charge in [-0.25, -0.2) is 0 Å². The van der Waals surface area contributed by atoms with Gasteiger partial charge in [-0.1, -0.05) is 30.3 Å². The molecular formula is C22H39N5O. The Labute approximate surface area is 171 Å². The lowest BCUT2D eigenvalue weighted by Gasteiger charge is -2.34. The summed E-state index contributed by atoms with van der Waals surface area (Å²) in [6.07, 6.45) is 2.37. The van der Waals surface area contributed by atoms with Crippen molar-refractivity contribution < 1.29 is 4.74 Å². The SMILES string of the molecule is CN=C(NCCCCN1CCN(Cc2ccccc2)CC1)NCC(C)(C)OC. The van der Waals surface area contributed by atoms with Crippen LogP contribution in [0.4, 0.5) is 0 Å². The zero-order valence-corrected chi connectivity index (χ0v) is 18.2. The summed E-state index contributed by atoms with van der Waals surface area (Å²) in [6, 6.07) is 10.8. The van der Waals surface area contributed by atoms with Crippen molar-refractivity contribution in [2.75, 3.05) is 60.0 Å². The molecular weight excluding hydrogens is 350 g/mol. The third-order valence-corrected chi connectivity index (χ3v) is 5.37. The van der Waals surface area contributed by atoms with Gasteiger partial charge < -0.3 is 20.3 Å². The van der Waals surface area contributed by atoms with Gasteiger partial charge in [0.1, 0.15) is 0 Å². The number of hydrogen-bond donors (Lipinski definition) is 2. The molecule has 0 spiro atoms. The molecule has 1 aliphatic rings. The van der Waals surface area contributed by atoms with Gasteiger partial charge in [-0.3, -0.25) is 9.89 Å². The molecule has 1 fully saturated rings. The van der Waals surface area contributed by atoms with Gasteiger partial charge in [0.2, 0.25) is 0 Å². The molecule has 6 nitrogen and oxygen atoms in total. The molecule has 158 valence electrons. The number of aliphatic imine (C=N–C) groups is 1. The van der Waals surface area contributed by atoms with Gasteiger partial charge in [-0.2, -0.15) is 0 Å². The second kappa shape index (κ2) is 12.0. The molecule has 2 rings (SSSR count). The number of benzene rings is 1. The van der Waals surface area contributed by atoms with E-state index >= 15 is 0 Å². The number of ether oxygens (including phenoxy) is 1. The first-order valence-corrected chi connectivity index (χ1v) is 10.5. The van der Waals surface area contributed by atoms with Crippen LogP contribution in [0, 0.1) is 0 Å². The van der Waals surface area contributed by atoms with Gasteiger partial charge in [0, 0.05) is 60.0 Å². The van der Waals surface area contributed by atoms with Crippen molar-refractivity contribution in [1.82, 2.24) is 20.4 Å². The predicted molar refractivity (Wildman–Crippen MR) is 118 cm³/mol. The van der Waals surface area contributed by atoms with Crippen LogP contribution >= 0.6 is 0 Å². The predicted octanol–water partition coefficient (Wildman–Crippen LogP) is 2.17. The van der Waals surface area contributed by atoms with Crippen LogP contribution in [0.25, 0.3) is 0 Å². The standard InChI is InChI=1S/C22H39N5O/c1-22(2,28-4)19-25-21(23-3)24-12-8-9-13-26-14-16-27(17-15-26)18-20-10-6-5-7-11-20/h5-7,10-11H,8-9,12-19H2,1-4H3,(H2,23,24,25). The van der Waals surface area contributed by atoms with Gasteiger partial charge in [-0.15, -0.1) is 0 Å². The van der Waals surface area contributed by atoms with Crippen LogP contribution in [0.2, 0.25) is 0 Å². The number of guanidine groups is 1. The van der Waals surface area contributed by atoms with E-state index < -0.39 is 0 Å². The number of methoxy groups -OCH3 is 1. The summed E-state index contributed by atoms with van der Waals surface area (Å²) in [7, 11) is 3.55. The molecule has 0 amide bonds. The van der Waals surface area contributed by atoms with Crippen molar-refractivity contribution >= 4 is 5.96 Å². The molecule has 1 aromatic rings. The molecule has 6 heteroatoms. The Kier molecular flexibility index (Phi) is 9.75. The van der Waals surface area contributed by atoms with E-state index in [4.69, 9.17) is 4.74 Å². The third kappa shape index (κ3) is 8.59. The monoisotopic (exact) mass is 389 g/mol. The van der Waals surface area contributed by atoms with E-state index in [-0.39, 0.29) is 5.60 Å². The Balaban J connectivity index is 1.53. The average Bonchev–Trinajstić information content (AvgIpc) is 2.72.